The van der Waals surface area contributed by atoms with Crippen molar-refractivity contribution in [2.24, 2.45) is 0 Å². The van der Waals surface area contributed by atoms with Gasteiger partial charge in [0.15, 0.2) is 5.75 Å². The van der Waals surface area contributed by atoms with Crippen LogP contribution in [0.3, 0.4) is 0 Å². The van der Waals surface area contributed by atoms with E-state index in [0.717, 1.165) is 5.56 Å². The van der Waals surface area contributed by atoms with Gasteiger partial charge in [0.05, 0.1) is 12.4 Å². The van der Waals surface area contributed by atoms with Gasteiger partial charge in [0, 0.05) is 6.08 Å². The molecule has 1 aliphatic rings. The molecule has 1 aliphatic heterocycles. The monoisotopic (exact) mass is 241 g/mol. The Kier molecular flexibility index (Phi) is 2.89. The van der Waals surface area contributed by atoms with E-state index in [4.69, 9.17) is 9.57 Å². The SMILES string of the molecule is C1=C(Oc2cncnc2)NO[C@@H]1c1ccccc1. The minimum Gasteiger partial charge on any atom is -0.436 e. The summed E-state index contributed by atoms with van der Waals surface area (Å²) in [5, 5.41) is 0. The lowest BCUT2D eigenvalue weighted by atomic mass is 10.1. The van der Waals surface area contributed by atoms with Crippen molar-refractivity contribution in [1.82, 2.24) is 15.4 Å². The molecule has 2 heterocycles. The summed E-state index contributed by atoms with van der Waals surface area (Å²) in [7, 11) is 0. The second-order valence-corrected chi connectivity index (χ2v) is 3.76. The Labute approximate surface area is 104 Å². The standard InChI is InChI=1S/C13H11N3O2/c1-2-4-10(5-3-1)12-6-13(16-18-12)17-11-7-14-9-15-8-11/h1-9,12,16H/t12-/m0/s1. The topological polar surface area (TPSA) is 56.3 Å². The molecule has 5 nitrogen and oxygen atoms in total. The third-order valence-corrected chi connectivity index (χ3v) is 2.48. The van der Waals surface area contributed by atoms with Crippen LogP contribution in [-0.2, 0) is 4.84 Å². The van der Waals surface area contributed by atoms with Gasteiger partial charge in [-0.15, -0.1) is 0 Å². The van der Waals surface area contributed by atoms with Crippen LogP contribution in [0.15, 0.2) is 61.0 Å². The van der Waals surface area contributed by atoms with Crippen LogP contribution in [-0.4, -0.2) is 9.97 Å². The molecular formula is C13H11N3O2. The maximum absolute atomic E-state index is 5.53. The molecule has 0 saturated heterocycles. The number of nitrogens with zero attached hydrogens (tertiary/aromatic N) is 2. The van der Waals surface area contributed by atoms with Crippen LogP contribution in [0.4, 0.5) is 0 Å². The van der Waals surface area contributed by atoms with Crippen molar-refractivity contribution >= 4 is 0 Å². The first kappa shape index (κ1) is 10.7. The van der Waals surface area contributed by atoms with Crippen molar-refractivity contribution in [3.63, 3.8) is 0 Å². The van der Waals surface area contributed by atoms with Crippen molar-refractivity contribution < 1.29 is 9.57 Å². The Hall–Kier alpha value is -2.40. The van der Waals surface area contributed by atoms with Crippen molar-refractivity contribution in [1.29, 1.82) is 0 Å². The lowest BCUT2D eigenvalue weighted by molar-refractivity contribution is 0.0273. The number of hydrogen-bond acceptors (Lipinski definition) is 5. The van der Waals surface area contributed by atoms with Gasteiger partial charge in [-0.3, -0.25) is 4.84 Å². The molecule has 0 unspecified atom stereocenters. The zero-order chi connectivity index (χ0) is 12.2. The Morgan fingerprint density at radius 3 is 2.67 bits per heavy atom. The minimum absolute atomic E-state index is 0.147. The fourth-order valence-corrected chi connectivity index (χ4v) is 1.65. The van der Waals surface area contributed by atoms with Crippen molar-refractivity contribution in [2.75, 3.05) is 0 Å². The molecule has 90 valence electrons. The molecule has 0 aliphatic carbocycles. The fraction of sp³-hybridized carbons (Fsp3) is 0.0769. The summed E-state index contributed by atoms with van der Waals surface area (Å²) in [6, 6.07) is 9.90. The molecule has 0 bridgehead atoms. The summed E-state index contributed by atoms with van der Waals surface area (Å²) < 4.78 is 5.53. The average molecular weight is 241 g/mol. The highest BCUT2D eigenvalue weighted by molar-refractivity contribution is 5.24. The number of benzene rings is 1. The summed E-state index contributed by atoms with van der Waals surface area (Å²) >= 11 is 0. The van der Waals surface area contributed by atoms with E-state index in [1.165, 1.54) is 6.33 Å². The molecule has 18 heavy (non-hydrogen) atoms. The van der Waals surface area contributed by atoms with Crippen LogP contribution >= 0.6 is 0 Å². The summed E-state index contributed by atoms with van der Waals surface area (Å²) in [4.78, 5) is 13.2. The Balaban J connectivity index is 1.73. The Morgan fingerprint density at radius 2 is 1.89 bits per heavy atom. The number of nitrogens with one attached hydrogen (secondary N) is 1. The highest BCUT2D eigenvalue weighted by Crippen LogP contribution is 2.24. The summed E-state index contributed by atoms with van der Waals surface area (Å²) in [6.45, 7) is 0. The van der Waals surface area contributed by atoms with Crippen molar-refractivity contribution in [3.05, 3.63) is 66.6 Å². The number of hydroxylamine groups is 1. The van der Waals surface area contributed by atoms with Crippen molar-refractivity contribution in [3.8, 4) is 5.75 Å². The second-order valence-electron chi connectivity index (χ2n) is 3.76. The molecule has 0 amide bonds. The molecule has 0 fully saturated rings. The van der Waals surface area contributed by atoms with Crippen LogP contribution in [0.5, 0.6) is 5.75 Å². The highest BCUT2D eigenvalue weighted by Gasteiger charge is 2.19. The van der Waals surface area contributed by atoms with Gasteiger partial charge in [-0.1, -0.05) is 30.3 Å². The molecular weight excluding hydrogens is 230 g/mol. The van der Waals surface area contributed by atoms with E-state index >= 15 is 0 Å². The fourth-order valence-electron chi connectivity index (χ4n) is 1.65. The number of aromatic nitrogens is 2. The smallest absolute Gasteiger partial charge is 0.216 e. The zero-order valence-corrected chi connectivity index (χ0v) is 9.48. The molecule has 0 spiro atoms. The molecule has 3 rings (SSSR count). The number of rotatable bonds is 3. The van der Waals surface area contributed by atoms with Crippen LogP contribution in [0, 0.1) is 0 Å². The Morgan fingerprint density at radius 1 is 1.11 bits per heavy atom. The van der Waals surface area contributed by atoms with E-state index in [0.29, 0.717) is 11.6 Å². The maximum Gasteiger partial charge on any atom is 0.216 e. The van der Waals surface area contributed by atoms with E-state index in [1.807, 2.05) is 36.4 Å². The first-order valence-electron chi connectivity index (χ1n) is 5.53. The number of ether oxygens (including phenoxy) is 1. The molecule has 0 radical (unpaired) electrons. The molecule has 2 aromatic rings. The van der Waals surface area contributed by atoms with E-state index < -0.39 is 0 Å². The predicted molar refractivity (Wildman–Crippen MR) is 64.1 cm³/mol. The molecule has 1 aromatic carbocycles. The summed E-state index contributed by atoms with van der Waals surface area (Å²) in [5.41, 5.74) is 3.80. The summed E-state index contributed by atoms with van der Waals surface area (Å²) in [6.07, 6.45) is 6.34. The normalized spacial score (nSPS) is 18.0. The minimum atomic E-state index is -0.147. The molecule has 1 aromatic heterocycles. The van der Waals surface area contributed by atoms with Crippen LogP contribution < -0.4 is 10.2 Å². The quantitative estimate of drug-likeness (QED) is 0.890. The van der Waals surface area contributed by atoms with Crippen LogP contribution in [0.25, 0.3) is 0 Å². The van der Waals surface area contributed by atoms with E-state index in [1.54, 1.807) is 12.4 Å². The second kappa shape index (κ2) is 4.85. The zero-order valence-electron chi connectivity index (χ0n) is 9.48. The Bertz CT molecular complexity index is 543. The number of hydrogen-bond donors (Lipinski definition) is 1. The van der Waals surface area contributed by atoms with Gasteiger partial charge in [-0.25, -0.2) is 15.4 Å². The van der Waals surface area contributed by atoms with Gasteiger partial charge in [0.2, 0.25) is 5.88 Å². The van der Waals surface area contributed by atoms with Gasteiger partial charge in [0.1, 0.15) is 12.4 Å². The van der Waals surface area contributed by atoms with Gasteiger partial charge < -0.3 is 4.74 Å². The lowest BCUT2D eigenvalue weighted by Crippen LogP contribution is -2.12. The molecule has 0 saturated carbocycles. The maximum atomic E-state index is 5.53. The highest BCUT2D eigenvalue weighted by atomic mass is 16.7. The van der Waals surface area contributed by atoms with E-state index in [-0.39, 0.29) is 6.10 Å². The largest absolute Gasteiger partial charge is 0.436 e. The molecule has 5 heteroatoms. The van der Waals surface area contributed by atoms with Crippen LogP contribution in [0.2, 0.25) is 0 Å². The van der Waals surface area contributed by atoms with E-state index in [2.05, 4.69) is 15.4 Å². The van der Waals surface area contributed by atoms with Crippen LogP contribution in [0.1, 0.15) is 11.7 Å². The summed E-state index contributed by atoms with van der Waals surface area (Å²) in [5.74, 6) is 1.10. The third-order valence-electron chi connectivity index (χ3n) is 2.48. The average Bonchev–Trinajstić information content (AvgIpc) is 2.89. The van der Waals surface area contributed by atoms with Gasteiger partial charge in [0.25, 0.3) is 0 Å². The van der Waals surface area contributed by atoms with Gasteiger partial charge in [-0.05, 0) is 5.56 Å². The first-order valence-corrected chi connectivity index (χ1v) is 5.53. The third kappa shape index (κ3) is 2.31. The lowest BCUT2D eigenvalue weighted by Gasteiger charge is -2.06. The van der Waals surface area contributed by atoms with Gasteiger partial charge >= 0.3 is 0 Å². The predicted octanol–water partition coefficient (Wildman–Crippen LogP) is 1.97. The molecule has 1 N–H and O–H groups in total. The van der Waals surface area contributed by atoms with Gasteiger partial charge in [-0.2, -0.15) is 0 Å². The molecule has 1 atom stereocenters. The first-order chi connectivity index (χ1) is 8.92. The van der Waals surface area contributed by atoms with Crippen molar-refractivity contribution in [2.45, 2.75) is 6.10 Å². The van der Waals surface area contributed by atoms with E-state index in [9.17, 15) is 0 Å².